The van der Waals surface area contributed by atoms with E-state index in [9.17, 15) is 4.39 Å². The predicted octanol–water partition coefficient (Wildman–Crippen LogP) is 2.46. The van der Waals surface area contributed by atoms with Gasteiger partial charge in [0.15, 0.2) is 0 Å². The molecule has 1 heterocycles. The van der Waals surface area contributed by atoms with Crippen LogP contribution >= 0.6 is 0 Å². The van der Waals surface area contributed by atoms with Crippen LogP contribution in [0.4, 0.5) is 10.1 Å². The first-order chi connectivity index (χ1) is 9.49. The van der Waals surface area contributed by atoms with E-state index in [1.54, 1.807) is 12.1 Å². The standard InChI is InChI=1S/C16H26FN3/c1-12(2)18-10-14-6-5-7-15(17)16(14)20-9-8-19(4)13(3)11-20/h5-7,12-13,18H,8-11H2,1-4H3. The Balaban J connectivity index is 2.21. The lowest BCUT2D eigenvalue weighted by Gasteiger charge is -2.40. The van der Waals surface area contributed by atoms with E-state index in [2.05, 4.69) is 42.9 Å². The van der Waals surface area contributed by atoms with Crippen molar-refractivity contribution in [1.82, 2.24) is 10.2 Å². The maximum Gasteiger partial charge on any atom is 0.146 e. The molecule has 1 aromatic carbocycles. The van der Waals surface area contributed by atoms with Gasteiger partial charge in [-0.15, -0.1) is 0 Å². The summed E-state index contributed by atoms with van der Waals surface area (Å²) in [6.45, 7) is 9.87. The van der Waals surface area contributed by atoms with Gasteiger partial charge in [-0.25, -0.2) is 4.39 Å². The highest BCUT2D eigenvalue weighted by molar-refractivity contribution is 5.55. The summed E-state index contributed by atoms with van der Waals surface area (Å²) in [6.07, 6.45) is 0. The van der Waals surface area contributed by atoms with E-state index >= 15 is 0 Å². The first-order valence-electron chi connectivity index (χ1n) is 7.45. The molecule has 1 unspecified atom stereocenters. The van der Waals surface area contributed by atoms with E-state index in [-0.39, 0.29) is 5.82 Å². The van der Waals surface area contributed by atoms with Gasteiger partial charge in [0.25, 0.3) is 0 Å². The number of piperazine rings is 1. The zero-order valence-electron chi connectivity index (χ0n) is 13.0. The number of benzene rings is 1. The van der Waals surface area contributed by atoms with Crippen LogP contribution < -0.4 is 10.2 Å². The molecule has 1 aliphatic heterocycles. The zero-order chi connectivity index (χ0) is 14.7. The largest absolute Gasteiger partial charge is 0.366 e. The van der Waals surface area contributed by atoms with Gasteiger partial charge in [0.1, 0.15) is 5.82 Å². The quantitative estimate of drug-likeness (QED) is 0.913. The van der Waals surface area contributed by atoms with Crippen LogP contribution in [0.5, 0.6) is 0 Å². The first kappa shape index (κ1) is 15.3. The second-order valence-corrected chi connectivity index (χ2v) is 6.06. The lowest BCUT2D eigenvalue weighted by Crippen LogP contribution is -2.50. The number of nitrogens with zero attached hydrogens (tertiary/aromatic N) is 2. The topological polar surface area (TPSA) is 18.5 Å². The van der Waals surface area contributed by atoms with Crippen molar-refractivity contribution in [3.05, 3.63) is 29.6 Å². The maximum atomic E-state index is 14.3. The van der Waals surface area contributed by atoms with Crippen LogP contribution in [0.15, 0.2) is 18.2 Å². The lowest BCUT2D eigenvalue weighted by atomic mass is 10.1. The summed E-state index contributed by atoms with van der Waals surface area (Å²) >= 11 is 0. The van der Waals surface area contributed by atoms with E-state index < -0.39 is 0 Å². The van der Waals surface area contributed by atoms with Crippen molar-refractivity contribution in [3.63, 3.8) is 0 Å². The average molecular weight is 279 g/mol. The van der Waals surface area contributed by atoms with Crippen molar-refractivity contribution in [2.24, 2.45) is 0 Å². The fourth-order valence-corrected chi connectivity index (χ4v) is 2.62. The van der Waals surface area contributed by atoms with Gasteiger partial charge in [-0.05, 0) is 25.6 Å². The molecule has 20 heavy (non-hydrogen) atoms. The zero-order valence-corrected chi connectivity index (χ0v) is 13.0. The molecule has 0 aliphatic carbocycles. The monoisotopic (exact) mass is 279 g/mol. The van der Waals surface area contributed by atoms with Gasteiger partial charge in [0.2, 0.25) is 0 Å². The lowest BCUT2D eigenvalue weighted by molar-refractivity contribution is 0.233. The van der Waals surface area contributed by atoms with Gasteiger partial charge in [-0.1, -0.05) is 26.0 Å². The number of hydrogen-bond acceptors (Lipinski definition) is 3. The Hall–Kier alpha value is -1.13. The van der Waals surface area contributed by atoms with Gasteiger partial charge < -0.3 is 15.1 Å². The summed E-state index contributed by atoms with van der Waals surface area (Å²) in [5.41, 5.74) is 1.83. The van der Waals surface area contributed by atoms with Crippen LogP contribution in [0, 0.1) is 5.82 Å². The Bertz CT molecular complexity index is 447. The molecular weight excluding hydrogens is 253 g/mol. The van der Waals surface area contributed by atoms with E-state index in [4.69, 9.17) is 0 Å². The Morgan fingerprint density at radius 1 is 1.35 bits per heavy atom. The Morgan fingerprint density at radius 2 is 2.10 bits per heavy atom. The van der Waals surface area contributed by atoms with Crippen LogP contribution in [0.2, 0.25) is 0 Å². The van der Waals surface area contributed by atoms with Crippen molar-refractivity contribution < 1.29 is 4.39 Å². The molecule has 0 aromatic heterocycles. The number of anilines is 1. The minimum absolute atomic E-state index is 0.107. The predicted molar refractivity (Wildman–Crippen MR) is 82.7 cm³/mol. The molecule has 0 saturated carbocycles. The minimum Gasteiger partial charge on any atom is -0.366 e. The number of nitrogens with one attached hydrogen (secondary N) is 1. The van der Waals surface area contributed by atoms with Gasteiger partial charge in [0, 0.05) is 38.3 Å². The van der Waals surface area contributed by atoms with Crippen molar-refractivity contribution in [1.29, 1.82) is 0 Å². The molecule has 4 heteroatoms. The Morgan fingerprint density at radius 3 is 2.75 bits per heavy atom. The first-order valence-corrected chi connectivity index (χ1v) is 7.45. The fraction of sp³-hybridized carbons (Fsp3) is 0.625. The van der Waals surface area contributed by atoms with Crippen LogP contribution in [-0.4, -0.2) is 43.7 Å². The number of para-hydroxylation sites is 1. The SMILES string of the molecule is CC(C)NCc1cccc(F)c1N1CCN(C)C(C)C1. The van der Waals surface area contributed by atoms with Gasteiger partial charge >= 0.3 is 0 Å². The molecule has 1 aliphatic rings. The minimum atomic E-state index is -0.107. The van der Waals surface area contributed by atoms with E-state index in [0.29, 0.717) is 18.6 Å². The maximum absolute atomic E-state index is 14.3. The summed E-state index contributed by atoms with van der Waals surface area (Å²) < 4.78 is 14.3. The van der Waals surface area contributed by atoms with Crippen LogP contribution in [-0.2, 0) is 6.54 Å². The third-order valence-corrected chi connectivity index (χ3v) is 4.05. The number of halogens is 1. The highest BCUT2D eigenvalue weighted by Crippen LogP contribution is 2.26. The molecule has 1 saturated heterocycles. The molecule has 0 bridgehead atoms. The summed E-state index contributed by atoms with van der Waals surface area (Å²) in [5.74, 6) is -0.107. The molecular formula is C16H26FN3. The third kappa shape index (κ3) is 3.49. The molecule has 1 N–H and O–H groups in total. The molecule has 1 atom stereocenters. The average Bonchev–Trinajstić information content (AvgIpc) is 2.40. The Kier molecular flexibility index (Phi) is 5.00. The van der Waals surface area contributed by atoms with Gasteiger partial charge in [0.05, 0.1) is 5.69 Å². The molecule has 2 rings (SSSR count). The highest BCUT2D eigenvalue weighted by atomic mass is 19.1. The van der Waals surface area contributed by atoms with Crippen molar-refractivity contribution >= 4 is 5.69 Å². The summed E-state index contributed by atoms with van der Waals surface area (Å²) in [7, 11) is 2.13. The molecule has 0 radical (unpaired) electrons. The normalized spacial score (nSPS) is 20.7. The van der Waals surface area contributed by atoms with E-state index in [1.807, 2.05) is 6.07 Å². The smallest absolute Gasteiger partial charge is 0.146 e. The van der Waals surface area contributed by atoms with E-state index in [0.717, 1.165) is 30.9 Å². The second kappa shape index (κ2) is 6.55. The fourth-order valence-electron chi connectivity index (χ4n) is 2.62. The van der Waals surface area contributed by atoms with Gasteiger partial charge in [-0.2, -0.15) is 0 Å². The van der Waals surface area contributed by atoms with Crippen LogP contribution in [0.1, 0.15) is 26.3 Å². The Labute approximate surface area is 121 Å². The molecule has 0 amide bonds. The summed E-state index contributed by atoms with van der Waals surface area (Å²) in [4.78, 5) is 4.51. The van der Waals surface area contributed by atoms with Crippen LogP contribution in [0.3, 0.4) is 0 Å². The van der Waals surface area contributed by atoms with Crippen molar-refractivity contribution in [2.45, 2.75) is 39.4 Å². The van der Waals surface area contributed by atoms with E-state index in [1.165, 1.54) is 0 Å². The third-order valence-electron chi connectivity index (χ3n) is 4.05. The molecule has 3 nitrogen and oxygen atoms in total. The summed E-state index contributed by atoms with van der Waals surface area (Å²) in [6, 6.07) is 6.25. The molecule has 1 fully saturated rings. The number of likely N-dealkylation sites (N-methyl/N-ethyl adjacent to an activating group) is 1. The molecule has 0 spiro atoms. The molecule has 1 aromatic rings. The highest BCUT2D eigenvalue weighted by Gasteiger charge is 2.24. The second-order valence-electron chi connectivity index (χ2n) is 6.06. The van der Waals surface area contributed by atoms with Crippen molar-refractivity contribution in [3.8, 4) is 0 Å². The van der Waals surface area contributed by atoms with Crippen LogP contribution in [0.25, 0.3) is 0 Å². The van der Waals surface area contributed by atoms with Crippen molar-refractivity contribution in [2.75, 3.05) is 31.6 Å². The summed E-state index contributed by atoms with van der Waals surface area (Å²) in [5, 5.41) is 3.38. The van der Waals surface area contributed by atoms with Gasteiger partial charge in [-0.3, -0.25) is 0 Å². The number of rotatable bonds is 4. The number of hydrogen-bond donors (Lipinski definition) is 1. The molecule has 112 valence electrons.